The first-order valence-electron chi connectivity index (χ1n) is 15.1. The van der Waals surface area contributed by atoms with Crippen molar-refractivity contribution in [2.24, 2.45) is 11.8 Å². The van der Waals surface area contributed by atoms with Gasteiger partial charge in [0.05, 0.1) is 12.7 Å². The average Bonchev–Trinajstić information content (AvgIpc) is 2.93. The van der Waals surface area contributed by atoms with Crippen LogP contribution in [0.5, 0.6) is 0 Å². The van der Waals surface area contributed by atoms with E-state index in [1.54, 1.807) is 5.56 Å². The Morgan fingerprint density at radius 3 is 1.74 bits per heavy atom. The van der Waals surface area contributed by atoms with Crippen LogP contribution in [0.4, 0.5) is 0 Å². The minimum absolute atomic E-state index is 0.287. The SMILES string of the molecule is CCCCCCCC1CCC(c2ccc(-c3ccc(C4CCC(CCCC)CC4)cc3)cc2)OC1. The van der Waals surface area contributed by atoms with Gasteiger partial charge in [-0.1, -0.05) is 114 Å². The van der Waals surface area contributed by atoms with Gasteiger partial charge >= 0.3 is 0 Å². The minimum Gasteiger partial charge on any atom is -0.373 e. The van der Waals surface area contributed by atoms with Crippen molar-refractivity contribution in [2.75, 3.05) is 6.61 Å². The van der Waals surface area contributed by atoms with E-state index in [0.717, 1.165) is 24.4 Å². The van der Waals surface area contributed by atoms with Crippen LogP contribution in [0, 0.1) is 11.8 Å². The van der Waals surface area contributed by atoms with Crippen LogP contribution in [0.2, 0.25) is 0 Å². The molecule has 1 aliphatic carbocycles. The average molecular weight is 475 g/mol. The van der Waals surface area contributed by atoms with Gasteiger partial charge in [-0.2, -0.15) is 0 Å². The van der Waals surface area contributed by atoms with Crippen molar-refractivity contribution in [2.45, 2.75) is 122 Å². The van der Waals surface area contributed by atoms with Crippen LogP contribution in [0.3, 0.4) is 0 Å². The van der Waals surface area contributed by atoms with Crippen molar-refractivity contribution in [3.63, 3.8) is 0 Å². The molecule has 2 atom stereocenters. The van der Waals surface area contributed by atoms with Gasteiger partial charge in [0.1, 0.15) is 0 Å². The summed E-state index contributed by atoms with van der Waals surface area (Å²) in [5.74, 6) is 2.53. The van der Waals surface area contributed by atoms with Crippen molar-refractivity contribution < 1.29 is 4.74 Å². The van der Waals surface area contributed by atoms with Crippen LogP contribution in [0.15, 0.2) is 48.5 Å². The summed E-state index contributed by atoms with van der Waals surface area (Å²) in [5, 5.41) is 0. The molecule has 0 N–H and O–H groups in total. The second-order valence-corrected chi connectivity index (χ2v) is 11.6. The summed E-state index contributed by atoms with van der Waals surface area (Å²) in [6.45, 7) is 5.55. The van der Waals surface area contributed by atoms with Crippen molar-refractivity contribution in [1.82, 2.24) is 0 Å². The van der Waals surface area contributed by atoms with Gasteiger partial charge in [0.15, 0.2) is 0 Å². The predicted molar refractivity (Wildman–Crippen MR) is 151 cm³/mol. The van der Waals surface area contributed by atoms with Gasteiger partial charge in [-0.05, 0) is 85.0 Å². The fraction of sp³-hybridized carbons (Fsp3) is 0.647. The molecule has 0 bridgehead atoms. The predicted octanol–water partition coefficient (Wildman–Crippen LogP) is 10.6. The van der Waals surface area contributed by atoms with Gasteiger partial charge in [0.2, 0.25) is 0 Å². The number of rotatable bonds is 12. The van der Waals surface area contributed by atoms with Gasteiger partial charge in [-0.25, -0.2) is 0 Å². The molecule has 2 unspecified atom stereocenters. The zero-order valence-electron chi connectivity index (χ0n) is 22.7. The number of hydrogen-bond acceptors (Lipinski definition) is 1. The molecule has 2 aromatic carbocycles. The molecule has 0 aromatic heterocycles. The molecule has 2 aromatic rings. The second-order valence-electron chi connectivity index (χ2n) is 11.6. The summed E-state index contributed by atoms with van der Waals surface area (Å²) < 4.78 is 6.31. The summed E-state index contributed by atoms with van der Waals surface area (Å²) in [4.78, 5) is 0. The van der Waals surface area contributed by atoms with E-state index in [1.165, 1.54) is 113 Å². The van der Waals surface area contributed by atoms with Crippen LogP contribution in [0.1, 0.15) is 133 Å². The van der Waals surface area contributed by atoms with Crippen molar-refractivity contribution in [3.05, 3.63) is 59.7 Å². The zero-order valence-corrected chi connectivity index (χ0v) is 22.7. The maximum atomic E-state index is 6.31. The maximum absolute atomic E-state index is 6.31. The highest BCUT2D eigenvalue weighted by molar-refractivity contribution is 5.64. The first kappa shape index (κ1) is 26.5. The van der Waals surface area contributed by atoms with Gasteiger partial charge in [-0.15, -0.1) is 0 Å². The highest BCUT2D eigenvalue weighted by Gasteiger charge is 2.23. The third-order valence-corrected chi connectivity index (χ3v) is 8.90. The Labute approximate surface area is 216 Å². The molecule has 35 heavy (non-hydrogen) atoms. The summed E-state index contributed by atoms with van der Waals surface area (Å²) >= 11 is 0. The molecule has 2 fully saturated rings. The standard InChI is InChI=1S/C34H50O/c1-3-5-7-8-9-11-28-14-25-34(35-26-28)33-23-21-32(22-24-33)31-19-17-30(18-20-31)29-15-12-27(13-16-29)10-6-4-2/h17-24,27-29,34H,3-16,25-26H2,1-2H3. The molecule has 2 aliphatic rings. The minimum atomic E-state index is 0.287. The monoisotopic (exact) mass is 474 g/mol. The molecule has 1 nitrogen and oxygen atoms in total. The van der Waals surface area contributed by atoms with E-state index < -0.39 is 0 Å². The third-order valence-electron chi connectivity index (χ3n) is 8.90. The van der Waals surface area contributed by atoms with Gasteiger partial charge in [-0.3, -0.25) is 0 Å². The molecule has 1 saturated carbocycles. The Kier molecular flexibility index (Phi) is 10.8. The number of unbranched alkanes of at least 4 members (excludes halogenated alkanes) is 5. The molecule has 1 aliphatic heterocycles. The molecule has 1 heterocycles. The largest absolute Gasteiger partial charge is 0.373 e. The fourth-order valence-electron chi connectivity index (χ4n) is 6.45. The Morgan fingerprint density at radius 2 is 1.14 bits per heavy atom. The molecule has 0 radical (unpaired) electrons. The molecule has 0 spiro atoms. The molecular weight excluding hydrogens is 424 g/mol. The first-order chi connectivity index (χ1) is 17.3. The van der Waals surface area contributed by atoms with Gasteiger partial charge < -0.3 is 4.74 Å². The zero-order chi connectivity index (χ0) is 24.3. The quantitative estimate of drug-likeness (QED) is 0.278. The highest BCUT2D eigenvalue weighted by Crippen LogP contribution is 2.38. The fourth-order valence-corrected chi connectivity index (χ4v) is 6.45. The van der Waals surface area contributed by atoms with E-state index >= 15 is 0 Å². The molecule has 0 amide bonds. The second kappa shape index (κ2) is 14.2. The Bertz CT molecular complexity index is 820. The van der Waals surface area contributed by atoms with Crippen molar-refractivity contribution in [3.8, 4) is 11.1 Å². The van der Waals surface area contributed by atoms with E-state index in [-0.39, 0.29) is 6.10 Å². The smallest absolute Gasteiger partial charge is 0.0825 e. The molecule has 4 rings (SSSR count). The lowest BCUT2D eigenvalue weighted by atomic mass is 9.77. The van der Waals surface area contributed by atoms with Gasteiger partial charge in [0.25, 0.3) is 0 Å². The summed E-state index contributed by atoms with van der Waals surface area (Å²) in [6.07, 6.45) is 20.9. The Balaban J connectivity index is 1.23. The van der Waals surface area contributed by atoms with E-state index in [4.69, 9.17) is 4.74 Å². The van der Waals surface area contributed by atoms with Crippen molar-refractivity contribution >= 4 is 0 Å². The van der Waals surface area contributed by atoms with Crippen LogP contribution < -0.4 is 0 Å². The van der Waals surface area contributed by atoms with E-state index in [1.807, 2.05) is 0 Å². The lowest BCUT2D eigenvalue weighted by Gasteiger charge is -2.29. The number of hydrogen-bond donors (Lipinski definition) is 0. The molecule has 192 valence electrons. The van der Waals surface area contributed by atoms with E-state index in [2.05, 4.69) is 62.4 Å². The lowest BCUT2D eigenvalue weighted by molar-refractivity contribution is -0.0198. The highest BCUT2D eigenvalue weighted by atomic mass is 16.5. The first-order valence-corrected chi connectivity index (χ1v) is 15.1. The normalized spacial score (nSPS) is 25.0. The lowest BCUT2D eigenvalue weighted by Crippen LogP contribution is -2.20. The van der Waals surface area contributed by atoms with Crippen LogP contribution in [-0.2, 0) is 4.74 Å². The molecule has 1 saturated heterocycles. The topological polar surface area (TPSA) is 9.23 Å². The summed E-state index contributed by atoms with van der Waals surface area (Å²) in [7, 11) is 0. The number of ether oxygens (including phenoxy) is 1. The Hall–Kier alpha value is -1.60. The molecular formula is C34H50O. The van der Waals surface area contributed by atoms with Crippen LogP contribution >= 0.6 is 0 Å². The molecule has 1 heteroatoms. The summed E-state index contributed by atoms with van der Waals surface area (Å²) in [6, 6.07) is 18.7. The van der Waals surface area contributed by atoms with Gasteiger partial charge in [0, 0.05) is 0 Å². The maximum Gasteiger partial charge on any atom is 0.0825 e. The third kappa shape index (κ3) is 7.94. The van der Waals surface area contributed by atoms with E-state index in [0.29, 0.717) is 0 Å². The number of benzene rings is 2. The van der Waals surface area contributed by atoms with Crippen LogP contribution in [-0.4, -0.2) is 6.61 Å². The summed E-state index contributed by atoms with van der Waals surface area (Å²) in [5.41, 5.74) is 5.57. The van der Waals surface area contributed by atoms with Crippen LogP contribution in [0.25, 0.3) is 11.1 Å². The van der Waals surface area contributed by atoms with Crippen molar-refractivity contribution in [1.29, 1.82) is 0 Å². The van der Waals surface area contributed by atoms with E-state index in [9.17, 15) is 0 Å². The Morgan fingerprint density at radius 1 is 0.571 bits per heavy atom.